The van der Waals surface area contributed by atoms with Crippen LogP contribution in [-0.2, 0) is 0 Å². The van der Waals surface area contributed by atoms with Crippen LogP contribution in [0, 0.1) is 0 Å². The summed E-state index contributed by atoms with van der Waals surface area (Å²) in [4.78, 5) is 12.0. The van der Waals surface area contributed by atoms with Gasteiger partial charge in [0.1, 0.15) is 5.75 Å². The van der Waals surface area contributed by atoms with E-state index in [0.29, 0.717) is 5.25 Å². The second-order valence-electron chi connectivity index (χ2n) is 4.39. The number of hydrogen-bond acceptors (Lipinski definition) is 3. The molecule has 1 aromatic carbocycles. The summed E-state index contributed by atoms with van der Waals surface area (Å²) in [5, 5.41) is 0.720. The van der Waals surface area contributed by atoms with E-state index in [1.807, 2.05) is 24.3 Å². The zero-order chi connectivity index (χ0) is 12.1. The van der Waals surface area contributed by atoms with E-state index in [1.165, 1.54) is 43.9 Å². The molecule has 0 amide bonds. The van der Waals surface area contributed by atoms with Gasteiger partial charge in [-0.3, -0.25) is 4.79 Å². The molecule has 0 heterocycles. The van der Waals surface area contributed by atoms with Crippen molar-refractivity contribution in [2.75, 3.05) is 7.11 Å². The lowest BCUT2D eigenvalue weighted by atomic mass is 10.0. The zero-order valence-corrected chi connectivity index (χ0v) is 11.0. The average Bonchev–Trinajstić information content (AvgIpc) is 2.40. The number of rotatable bonds is 3. The number of benzene rings is 1. The van der Waals surface area contributed by atoms with Gasteiger partial charge in [-0.2, -0.15) is 0 Å². The predicted molar refractivity (Wildman–Crippen MR) is 71.8 cm³/mol. The van der Waals surface area contributed by atoms with E-state index in [-0.39, 0.29) is 5.12 Å². The van der Waals surface area contributed by atoms with E-state index < -0.39 is 0 Å². The minimum absolute atomic E-state index is 0.194. The Morgan fingerprint density at radius 1 is 1.18 bits per heavy atom. The fourth-order valence-corrected chi connectivity index (χ4v) is 3.27. The van der Waals surface area contributed by atoms with Crippen LogP contribution in [-0.4, -0.2) is 17.5 Å². The molecule has 3 heteroatoms. The fourth-order valence-electron chi connectivity index (χ4n) is 2.13. The molecule has 17 heavy (non-hydrogen) atoms. The summed E-state index contributed by atoms with van der Waals surface area (Å²) in [5.41, 5.74) is 0.779. The van der Waals surface area contributed by atoms with Crippen molar-refractivity contribution in [2.24, 2.45) is 0 Å². The maximum atomic E-state index is 12.0. The first-order valence-electron chi connectivity index (χ1n) is 6.14. The number of carbonyl (C=O) groups excluding carboxylic acids is 1. The Hall–Kier alpha value is -0.960. The molecule has 1 aliphatic carbocycles. The van der Waals surface area contributed by atoms with Crippen molar-refractivity contribution in [3.63, 3.8) is 0 Å². The van der Waals surface area contributed by atoms with E-state index in [1.54, 1.807) is 7.11 Å². The standard InChI is InChI=1S/C14H18O2S/c1-16-12-9-7-11(8-10-12)14(15)17-13-5-3-2-4-6-13/h7-10,13H,2-6H2,1H3. The summed E-state index contributed by atoms with van der Waals surface area (Å²) >= 11 is 1.51. The zero-order valence-electron chi connectivity index (χ0n) is 10.1. The first-order chi connectivity index (χ1) is 8.29. The predicted octanol–water partition coefficient (Wildman–Crippen LogP) is 3.90. The van der Waals surface area contributed by atoms with E-state index in [2.05, 4.69) is 0 Å². The van der Waals surface area contributed by atoms with E-state index in [9.17, 15) is 4.79 Å². The molecule has 1 aromatic rings. The average molecular weight is 250 g/mol. The van der Waals surface area contributed by atoms with Gasteiger partial charge < -0.3 is 4.74 Å². The van der Waals surface area contributed by atoms with E-state index in [0.717, 1.165) is 11.3 Å². The Morgan fingerprint density at radius 2 is 1.82 bits per heavy atom. The highest BCUT2D eigenvalue weighted by atomic mass is 32.2. The van der Waals surface area contributed by atoms with E-state index >= 15 is 0 Å². The van der Waals surface area contributed by atoms with Gasteiger partial charge >= 0.3 is 0 Å². The first kappa shape index (κ1) is 12.5. The van der Waals surface area contributed by atoms with Crippen molar-refractivity contribution in [3.8, 4) is 5.75 Å². The number of ether oxygens (including phenoxy) is 1. The molecule has 0 unspecified atom stereocenters. The SMILES string of the molecule is COc1ccc(C(=O)SC2CCCCC2)cc1. The fraction of sp³-hybridized carbons (Fsp3) is 0.500. The van der Waals surface area contributed by atoms with Crippen LogP contribution in [0.15, 0.2) is 24.3 Å². The Morgan fingerprint density at radius 3 is 2.41 bits per heavy atom. The monoisotopic (exact) mass is 250 g/mol. The third-order valence-electron chi connectivity index (χ3n) is 3.15. The van der Waals surface area contributed by atoms with Crippen LogP contribution in [0.1, 0.15) is 42.5 Å². The summed E-state index contributed by atoms with van der Waals surface area (Å²) < 4.78 is 5.08. The first-order valence-corrected chi connectivity index (χ1v) is 7.02. The maximum Gasteiger partial charge on any atom is 0.219 e. The lowest BCUT2D eigenvalue weighted by Crippen LogP contribution is -2.11. The third kappa shape index (κ3) is 3.50. The molecule has 0 aliphatic heterocycles. The van der Waals surface area contributed by atoms with Gasteiger partial charge in [0.2, 0.25) is 5.12 Å². The molecule has 0 aromatic heterocycles. The van der Waals surface area contributed by atoms with Gasteiger partial charge in [0.25, 0.3) is 0 Å². The molecule has 0 atom stereocenters. The summed E-state index contributed by atoms with van der Waals surface area (Å²) in [7, 11) is 1.63. The molecule has 1 fully saturated rings. The normalized spacial score (nSPS) is 16.8. The van der Waals surface area contributed by atoms with Crippen molar-refractivity contribution >= 4 is 16.9 Å². The minimum atomic E-state index is 0.194. The molecule has 1 saturated carbocycles. The van der Waals surface area contributed by atoms with Crippen molar-refractivity contribution < 1.29 is 9.53 Å². The number of methoxy groups -OCH3 is 1. The number of thioether (sulfide) groups is 1. The van der Waals surface area contributed by atoms with Crippen LogP contribution in [0.3, 0.4) is 0 Å². The smallest absolute Gasteiger partial charge is 0.219 e. The Kier molecular flexibility index (Phi) is 4.49. The topological polar surface area (TPSA) is 26.3 Å². The Bertz CT molecular complexity index is 366. The molecule has 0 radical (unpaired) electrons. The van der Waals surface area contributed by atoms with Crippen molar-refractivity contribution in [1.82, 2.24) is 0 Å². The highest BCUT2D eigenvalue weighted by Gasteiger charge is 2.18. The summed E-state index contributed by atoms with van der Waals surface area (Å²) in [5.74, 6) is 0.796. The molecule has 2 nitrogen and oxygen atoms in total. The van der Waals surface area contributed by atoms with Crippen LogP contribution in [0.4, 0.5) is 0 Å². The number of hydrogen-bond donors (Lipinski definition) is 0. The van der Waals surface area contributed by atoms with Crippen LogP contribution >= 0.6 is 11.8 Å². The molecule has 0 bridgehead atoms. The third-order valence-corrected chi connectivity index (χ3v) is 4.41. The molecular weight excluding hydrogens is 232 g/mol. The molecule has 0 spiro atoms. The van der Waals surface area contributed by atoms with Gasteiger partial charge in [-0.05, 0) is 37.1 Å². The van der Waals surface area contributed by atoms with Crippen molar-refractivity contribution in [2.45, 2.75) is 37.4 Å². The molecule has 0 N–H and O–H groups in total. The van der Waals surface area contributed by atoms with Crippen LogP contribution < -0.4 is 4.74 Å². The van der Waals surface area contributed by atoms with Crippen molar-refractivity contribution in [1.29, 1.82) is 0 Å². The molecule has 0 saturated heterocycles. The summed E-state index contributed by atoms with van der Waals surface area (Å²) in [6.07, 6.45) is 6.24. The van der Waals surface area contributed by atoms with Gasteiger partial charge in [-0.15, -0.1) is 0 Å². The summed E-state index contributed by atoms with van der Waals surface area (Å²) in [6.45, 7) is 0. The minimum Gasteiger partial charge on any atom is -0.497 e. The van der Waals surface area contributed by atoms with Gasteiger partial charge in [-0.1, -0.05) is 31.0 Å². The lowest BCUT2D eigenvalue weighted by Gasteiger charge is -2.19. The number of carbonyl (C=O) groups is 1. The molecule has 1 aliphatic rings. The van der Waals surface area contributed by atoms with Gasteiger partial charge in [0.05, 0.1) is 7.11 Å². The molecular formula is C14H18O2S. The maximum absolute atomic E-state index is 12.0. The highest BCUT2D eigenvalue weighted by molar-refractivity contribution is 8.14. The Balaban J connectivity index is 1.93. The lowest BCUT2D eigenvalue weighted by molar-refractivity contribution is 0.108. The van der Waals surface area contributed by atoms with E-state index in [4.69, 9.17) is 4.74 Å². The molecule has 2 rings (SSSR count). The van der Waals surface area contributed by atoms with Crippen LogP contribution in [0.25, 0.3) is 0 Å². The molecule has 92 valence electrons. The van der Waals surface area contributed by atoms with Crippen LogP contribution in [0.2, 0.25) is 0 Å². The Labute approximate surface area is 107 Å². The second kappa shape index (κ2) is 6.10. The second-order valence-corrected chi connectivity index (χ2v) is 5.67. The van der Waals surface area contributed by atoms with Gasteiger partial charge in [0.15, 0.2) is 0 Å². The van der Waals surface area contributed by atoms with Gasteiger partial charge in [-0.25, -0.2) is 0 Å². The van der Waals surface area contributed by atoms with Gasteiger partial charge in [0, 0.05) is 10.8 Å². The highest BCUT2D eigenvalue weighted by Crippen LogP contribution is 2.30. The largest absolute Gasteiger partial charge is 0.497 e. The quantitative estimate of drug-likeness (QED) is 0.813. The summed E-state index contributed by atoms with van der Waals surface area (Å²) in [6, 6.07) is 7.37. The van der Waals surface area contributed by atoms with Crippen LogP contribution in [0.5, 0.6) is 5.75 Å². The van der Waals surface area contributed by atoms with Crippen molar-refractivity contribution in [3.05, 3.63) is 29.8 Å².